The van der Waals surface area contributed by atoms with Crippen molar-refractivity contribution < 1.29 is 4.79 Å². The van der Waals surface area contributed by atoms with Crippen LogP contribution in [0.25, 0.3) is 5.69 Å². The Labute approximate surface area is 160 Å². The predicted molar refractivity (Wildman–Crippen MR) is 106 cm³/mol. The summed E-state index contributed by atoms with van der Waals surface area (Å²) in [6.07, 6.45) is 5.91. The first-order valence-electron chi connectivity index (χ1n) is 9.57. The fraction of sp³-hybridized carbons (Fsp3) is 0.364. The molecule has 1 aliphatic heterocycles. The Kier molecular flexibility index (Phi) is 4.60. The molecule has 1 aromatic carbocycles. The smallest absolute Gasteiger partial charge is 0.255 e. The number of hydrogen-bond acceptors (Lipinski definition) is 2. The van der Waals surface area contributed by atoms with Crippen molar-refractivity contribution in [2.45, 2.75) is 32.6 Å². The third-order valence-corrected chi connectivity index (χ3v) is 5.61. The van der Waals surface area contributed by atoms with Gasteiger partial charge in [0.25, 0.3) is 5.91 Å². The van der Waals surface area contributed by atoms with Crippen molar-refractivity contribution in [2.75, 3.05) is 13.1 Å². The van der Waals surface area contributed by atoms with Crippen LogP contribution in [-0.2, 0) is 7.05 Å². The Morgan fingerprint density at radius 1 is 1.19 bits per heavy atom. The molecule has 0 aliphatic carbocycles. The lowest BCUT2D eigenvalue weighted by atomic mass is 9.96. The van der Waals surface area contributed by atoms with E-state index in [4.69, 9.17) is 0 Å². The SMILES string of the molecule is Cc1cc(C(=O)N2CCC[C@H](c3nccn3C)C2)c(C)n1-c1ccccc1. The summed E-state index contributed by atoms with van der Waals surface area (Å²) in [6, 6.07) is 12.2. The normalized spacial score (nSPS) is 17.3. The lowest BCUT2D eigenvalue weighted by Crippen LogP contribution is -2.39. The van der Waals surface area contributed by atoms with Crippen LogP contribution in [0.15, 0.2) is 48.8 Å². The maximum absolute atomic E-state index is 13.3. The highest BCUT2D eigenvalue weighted by molar-refractivity contribution is 5.96. The first-order valence-corrected chi connectivity index (χ1v) is 9.57. The second-order valence-electron chi connectivity index (χ2n) is 7.44. The minimum atomic E-state index is 0.129. The molecule has 2 aromatic heterocycles. The molecule has 4 rings (SSSR count). The zero-order valence-corrected chi connectivity index (χ0v) is 16.2. The topological polar surface area (TPSA) is 43.1 Å². The van der Waals surface area contributed by atoms with E-state index >= 15 is 0 Å². The number of para-hydroxylation sites is 1. The Balaban J connectivity index is 1.61. The fourth-order valence-corrected chi connectivity index (χ4v) is 4.27. The van der Waals surface area contributed by atoms with Crippen molar-refractivity contribution in [1.29, 1.82) is 0 Å². The van der Waals surface area contributed by atoms with Gasteiger partial charge in [-0.25, -0.2) is 4.98 Å². The van der Waals surface area contributed by atoms with Gasteiger partial charge in [-0.2, -0.15) is 0 Å². The van der Waals surface area contributed by atoms with Gasteiger partial charge in [0, 0.05) is 55.5 Å². The summed E-state index contributed by atoms with van der Waals surface area (Å²) in [7, 11) is 2.02. The number of carbonyl (C=O) groups is 1. The monoisotopic (exact) mass is 362 g/mol. The van der Waals surface area contributed by atoms with Gasteiger partial charge in [-0.05, 0) is 44.9 Å². The molecule has 5 nitrogen and oxygen atoms in total. The summed E-state index contributed by atoms with van der Waals surface area (Å²) >= 11 is 0. The molecule has 3 aromatic rings. The van der Waals surface area contributed by atoms with Crippen LogP contribution in [-0.4, -0.2) is 38.0 Å². The molecule has 1 aliphatic rings. The molecular weight excluding hydrogens is 336 g/mol. The maximum atomic E-state index is 13.3. The number of carbonyl (C=O) groups excluding carboxylic acids is 1. The van der Waals surface area contributed by atoms with E-state index in [9.17, 15) is 4.79 Å². The van der Waals surface area contributed by atoms with Crippen LogP contribution in [0, 0.1) is 13.8 Å². The van der Waals surface area contributed by atoms with Gasteiger partial charge in [-0.1, -0.05) is 18.2 Å². The zero-order valence-electron chi connectivity index (χ0n) is 16.2. The molecular formula is C22H26N4O. The molecule has 3 heterocycles. The molecule has 1 atom stereocenters. The molecule has 1 amide bonds. The Morgan fingerprint density at radius 2 is 1.96 bits per heavy atom. The van der Waals surface area contributed by atoms with Crippen molar-refractivity contribution in [2.24, 2.45) is 7.05 Å². The van der Waals surface area contributed by atoms with E-state index in [0.29, 0.717) is 5.92 Å². The van der Waals surface area contributed by atoms with Crippen LogP contribution in [0.4, 0.5) is 0 Å². The van der Waals surface area contributed by atoms with Gasteiger partial charge in [0.05, 0.1) is 5.56 Å². The van der Waals surface area contributed by atoms with E-state index < -0.39 is 0 Å². The van der Waals surface area contributed by atoms with Crippen molar-refractivity contribution in [1.82, 2.24) is 19.0 Å². The van der Waals surface area contributed by atoms with E-state index in [1.807, 2.05) is 55.5 Å². The van der Waals surface area contributed by atoms with Gasteiger partial charge in [-0.15, -0.1) is 0 Å². The molecule has 0 unspecified atom stereocenters. The average Bonchev–Trinajstić information content (AvgIpc) is 3.24. The summed E-state index contributed by atoms with van der Waals surface area (Å²) in [5.74, 6) is 1.51. The highest BCUT2D eigenvalue weighted by Gasteiger charge is 2.29. The molecule has 0 N–H and O–H groups in total. The number of rotatable bonds is 3. The first-order chi connectivity index (χ1) is 13.1. The molecule has 5 heteroatoms. The fourth-order valence-electron chi connectivity index (χ4n) is 4.27. The molecule has 1 saturated heterocycles. The summed E-state index contributed by atoms with van der Waals surface area (Å²) in [4.78, 5) is 19.8. The van der Waals surface area contributed by atoms with Crippen molar-refractivity contribution in [3.8, 4) is 5.69 Å². The quantitative estimate of drug-likeness (QED) is 0.710. The van der Waals surface area contributed by atoms with Gasteiger partial charge in [0.1, 0.15) is 5.82 Å². The lowest BCUT2D eigenvalue weighted by molar-refractivity contribution is 0.0703. The van der Waals surface area contributed by atoms with E-state index in [0.717, 1.165) is 54.4 Å². The number of amides is 1. The first kappa shape index (κ1) is 17.6. The van der Waals surface area contributed by atoms with E-state index in [1.165, 1.54) is 0 Å². The Bertz CT molecular complexity index is 954. The lowest BCUT2D eigenvalue weighted by Gasteiger charge is -2.32. The summed E-state index contributed by atoms with van der Waals surface area (Å²) in [6.45, 7) is 5.64. The van der Waals surface area contributed by atoms with Gasteiger partial charge < -0.3 is 14.0 Å². The molecule has 1 fully saturated rings. The number of aryl methyl sites for hydroxylation is 2. The number of benzene rings is 1. The van der Waals surface area contributed by atoms with Crippen LogP contribution >= 0.6 is 0 Å². The van der Waals surface area contributed by atoms with Crippen LogP contribution in [0.1, 0.15) is 46.3 Å². The number of imidazole rings is 1. The van der Waals surface area contributed by atoms with E-state index in [-0.39, 0.29) is 5.91 Å². The molecule has 0 spiro atoms. The van der Waals surface area contributed by atoms with Gasteiger partial charge in [-0.3, -0.25) is 4.79 Å². The number of nitrogens with zero attached hydrogens (tertiary/aromatic N) is 4. The summed E-state index contributed by atoms with van der Waals surface area (Å²) in [5.41, 5.74) is 3.98. The van der Waals surface area contributed by atoms with Crippen molar-refractivity contribution in [3.05, 3.63) is 71.6 Å². The number of piperidine rings is 1. The molecule has 0 saturated carbocycles. The van der Waals surface area contributed by atoms with Gasteiger partial charge in [0.2, 0.25) is 0 Å². The third kappa shape index (κ3) is 3.18. The highest BCUT2D eigenvalue weighted by Crippen LogP contribution is 2.28. The Hall–Kier alpha value is -2.82. The molecule has 27 heavy (non-hydrogen) atoms. The largest absolute Gasteiger partial charge is 0.338 e. The van der Waals surface area contributed by atoms with Crippen LogP contribution in [0.3, 0.4) is 0 Å². The zero-order chi connectivity index (χ0) is 19.0. The van der Waals surface area contributed by atoms with Gasteiger partial charge >= 0.3 is 0 Å². The number of likely N-dealkylation sites (tertiary alicyclic amines) is 1. The van der Waals surface area contributed by atoms with Crippen LogP contribution < -0.4 is 0 Å². The standard InChI is InChI=1S/C22H26N4O/c1-16-14-20(17(2)26(16)19-9-5-4-6-10-19)22(27)25-12-7-8-18(15-25)21-23-11-13-24(21)3/h4-6,9-11,13-14,18H,7-8,12,15H2,1-3H3/t18-/m0/s1. The second kappa shape index (κ2) is 7.06. The van der Waals surface area contributed by atoms with E-state index in [2.05, 4.69) is 33.2 Å². The van der Waals surface area contributed by atoms with Crippen molar-refractivity contribution >= 4 is 5.91 Å². The molecule has 0 radical (unpaired) electrons. The minimum absolute atomic E-state index is 0.129. The van der Waals surface area contributed by atoms with Crippen molar-refractivity contribution in [3.63, 3.8) is 0 Å². The van der Waals surface area contributed by atoms with Crippen LogP contribution in [0.2, 0.25) is 0 Å². The average molecular weight is 362 g/mol. The van der Waals surface area contributed by atoms with Crippen LogP contribution in [0.5, 0.6) is 0 Å². The van der Waals surface area contributed by atoms with Gasteiger partial charge in [0.15, 0.2) is 0 Å². The minimum Gasteiger partial charge on any atom is -0.338 e. The maximum Gasteiger partial charge on any atom is 0.255 e. The number of hydrogen-bond donors (Lipinski definition) is 0. The molecule has 140 valence electrons. The summed E-state index contributed by atoms with van der Waals surface area (Å²) in [5, 5.41) is 0. The second-order valence-corrected chi connectivity index (χ2v) is 7.44. The summed E-state index contributed by atoms with van der Waals surface area (Å²) < 4.78 is 4.23. The Morgan fingerprint density at radius 3 is 2.67 bits per heavy atom. The number of aromatic nitrogens is 3. The third-order valence-electron chi connectivity index (χ3n) is 5.61. The van der Waals surface area contributed by atoms with E-state index in [1.54, 1.807) is 0 Å². The molecule has 0 bridgehead atoms. The predicted octanol–water partition coefficient (Wildman–Crippen LogP) is 3.85. The highest BCUT2D eigenvalue weighted by atomic mass is 16.2.